The molecule has 0 fully saturated rings. The number of rotatable bonds is 10. The van der Waals surface area contributed by atoms with Gasteiger partial charge in [-0.2, -0.15) is 0 Å². The van der Waals surface area contributed by atoms with Crippen LogP contribution in [0.1, 0.15) is 34.7 Å². The quantitative estimate of drug-likeness (QED) is 0.163. The fraction of sp³-hybridized carbons (Fsp3) is 0.0500. The lowest BCUT2D eigenvalue weighted by molar-refractivity contribution is 1.14. The Balaban J connectivity index is 1.34. The number of hydrogen-bond donors (Lipinski definition) is 0. The zero-order valence-corrected chi connectivity index (χ0v) is 23.5. The topological polar surface area (TPSA) is 3.24 Å². The Kier molecular flexibility index (Phi) is 9.57. The Morgan fingerprint density at radius 1 is 0.390 bits per heavy atom. The second-order valence-corrected chi connectivity index (χ2v) is 9.80. The average molecular weight is 530 g/mol. The molecular formula is C40H35N. The molecule has 0 bridgehead atoms. The third kappa shape index (κ3) is 7.94. The number of anilines is 3. The summed E-state index contributed by atoms with van der Waals surface area (Å²) in [7, 11) is 0. The monoisotopic (exact) mass is 529 g/mol. The van der Waals surface area contributed by atoms with E-state index in [0.29, 0.717) is 0 Å². The largest absolute Gasteiger partial charge is 0.311 e. The SMILES string of the molecule is CCc1ccc(N(c2ccc(C=CC=Cc3ccccc3)cc2)c2ccc(C=CC=Cc3ccccc3)cc2)cc1. The summed E-state index contributed by atoms with van der Waals surface area (Å²) >= 11 is 0. The predicted octanol–water partition coefficient (Wildman–Crippen LogP) is 11.2. The van der Waals surface area contributed by atoms with E-state index in [9.17, 15) is 0 Å². The normalized spacial score (nSPS) is 11.7. The number of aryl methyl sites for hydroxylation is 1. The van der Waals surface area contributed by atoms with Gasteiger partial charge in [-0.1, -0.05) is 153 Å². The summed E-state index contributed by atoms with van der Waals surface area (Å²) < 4.78 is 0. The van der Waals surface area contributed by atoms with Crippen molar-refractivity contribution >= 4 is 41.4 Å². The molecule has 5 aromatic rings. The molecule has 41 heavy (non-hydrogen) atoms. The van der Waals surface area contributed by atoms with E-state index in [0.717, 1.165) is 34.6 Å². The molecule has 0 heterocycles. The highest BCUT2D eigenvalue weighted by molar-refractivity contribution is 5.78. The average Bonchev–Trinajstić information content (AvgIpc) is 3.04. The van der Waals surface area contributed by atoms with E-state index in [-0.39, 0.29) is 0 Å². The highest BCUT2D eigenvalue weighted by Crippen LogP contribution is 2.35. The first kappa shape index (κ1) is 27.4. The van der Waals surface area contributed by atoms with Crippen molar-refractivity contribution in [1.82, 2.24) is 0 Å². The lowest BCUT2D eigenvalue weighted by Crippen LogP contribution is -2.09. The van der Waals surface area contributed by atoms with E-state index >= 15 is 0 Å². The van der Waals surface area contributed by atoms with Gasteiger partial charge in [-0.25, -0.2) is 0 Å². The van der Waals surface area contributed by atoms with Gasteiger partial charge in [0.25, 0.3) is 0 Å². The first-order chi connectivity index (χ1) is 20.3. The van der Waals surface area contributed by atoms with Gasteiger partial charge in [-0.05, 0) is 70.6 Å². The predicted molar refractivity (Wildman–Crippen MR) is 180 cm³/mol. The molecule has 5 aromatic carbocycles. The van der Waals surface area contributed by atoms with E-state index in [1.807, 2.05) is 12.1 Å². The van der Waals surface area contributed by atoms with Crippen LogP contribution in [0.4, 0.5) is 17.1 Å². The molecule has 0 aromatic heterocycles. The van der Waals surface area contributed by atoms with E-state index in [1.165, 1.54) is 16.7 Å². The number of nitrogens with zero attached hydrogens (tertiary/aromatic N) is 1. The minimum absolute atomic E-state index is 1.03. The van der Waals surface area contributed by atoms with Gasteiger partial charge in [-0.3, -0.25) is 0 Å². The molecule has 0 radical (unpaired) electrons. The standard InChI is InChI=1S/C40H35N/c1-2-33-21-27-38(28-22-33)41(39-29-23-36(24-30-39)19-11-9-17-34-13-5-3-6-14-34)40-31-25-37(26-32-40)20-12-10-18-35-15-7-4-8-16-35/h3-32H,2H2,1H3. The summed E-state index contributed by atoms with van der Waals surface area (Å²) in [5.41, 5.74) is 9.45. The summed E-state index contributed by atoms with van der Waals surface area (Å²) in [6, 6.07) is 47.0. The van der Waals surface area contributed by atoms with Crippen LogP contribution >= 0.6 is 0 Å². The zero-order chi connectivity index (χ0) is 28.1. The number of benzene rings is 5. The van der Waals surface area contributed by atoms with Gasteiger partial charge in [0, 0.05) is 17.1 Å². The van der Waals surface area contributed by atoms with Crippen LogP contribution in [0, 0.1) is 0 Å². The molecule has 0 saturated heterocycles. The first-order valence-electron chi connectivity index (χ1n) is 14.2. The molecule has 0 unspecified atom stereocenters. The van der Waals surface area contributed by atoms with Gasteiger partial charge in [0.2, 0.25) is 0 Å². The molecule has 5 rings (SSSR count). The number of allylic oxidation sites excluding steroid dienone is 4. The summed E-state index contributed by atoms with van der Waals surface area (Å²) in [6.07, 6.45) is 17.9. The van der Waals surface area contributed by atoms with Gasteiger partial charge in [0.05, 0.1) is 0 Å². The van der Waals surface area contributed by atoms with E-state index in [1.54, 1.807) is 0 Å². The Morgan fingerprint density at radius 2 is 0.707 bits per heavy atom. The maximum atomic E-state index is 2.31. The molecule has 0 N–H and O–H groups in total. The second kappa shape index (κ2) is 14.3. The number of hydrogen-bond acceptors (Lipinski definition) is 1. The molecule has 0 amide bonds. The van der Waals surface area contributed by atoms with Crippen molar-refractivity contribution in [1.29, 1.82) is 0 Å². The molecule has 200 valence electrons. The van der Waals surface area contributed by atoms with Crippen molar-refractivity contribution in [2.75, 3.05) is 4.90 Å². The fourth-order valence-corrected chi connectivity index (χ4v) is 4.59. The molecule has 0 atom stereocenters. The van der Waals surface area contributed by atoms with Crippen molar-refractivity contribution in [3.63, 3.8) is 0 Å². The highest BCUT2D eigenvalue weighted by atomic mass is 15.1. The van der Waals surface area contributed by atoms with Crippen LogP contribution in [0.2, 0.25) is 0 Å². The zero-order valence-electron chi connectivity index (χ0n) is 23.5. The van der Waals surface area contributed by atoms with E-state index in [2.05, 4.69) is 182 Å². The van der Waals surface area contributed by atoms with Crippen molar-refractivity contribution in [3.8, 4) is 0 Å². The third-order valence-electron chi connectivity index (χ3n) is 6.88. The Hall–Kier alpha value is -5.14. The molecule has 0 saturated carbocycles. The first-order valence-corrected chi connectivity index (χ1v) is 14.2. The van der Waals surface area contributed by atoms with Crippen LogP contribution in [-0.4, -0.2) is 0 Å². The smallest absolute Gasteiger partial charge is 0.0462 e. The van der Waals surface area contributed by atoms with Crippen LogP contribution in [-0.2, 0) is 6.42 Å². The van der Waals surface area contributed by atoms with Gasteiger partial charge in [0.1, 0.15) is 0 Å². The summed E-state index contributed by atoms with van der Waals surface area (Å²) in [4.78, 5) is 2.31. The maximum Gasteiger partial charge on any atom is 0.0462 e. The van der Waals surface area contributed by atoms with Gasteiger partial charge in [-0.15, -0.1) is 0 Å². The summed E-state index contributed by atoms with van der Waals surface area (Å²) in [5.74, 6) is 0. The van der Waals surface area contributed by atoms with Crippen molar-refractivity contribution in [3.05, 3.63) is 186 Å². The summed E-state index contributed by atoms with van der Waals surface area (Å²) in [6.45, 7) is 2.19. The lowest BCUT2D eigenvalue weighted by atomic mass is 10.1. The molecule has 0 spiro atoms. The van der Waals surface area contributed by atoms with Crippen molar-refractivity contribution < 1.29 is 0 Å². The fourth-order valence-electron chi connectivity index (χ4n) is 4.59. The summed E-state index contributed by atoms with van der Waals surface area (Å²) in [5, 5.41) is 0. The third-order valence-corrected chi connectivity index (χ3v) is 6.88. The van der Waals surface area contributed by atoms with Crippen LogP contribution < -0.4 is 4.90 Å². The second-order valence-electron chi connectivity index (χ2n) is 9.80. The van der Waals surface area contributed by atoms with Crippen LogP contribution in [0.3, 0.4) is 0 Å². The molecule has 0 aliphatic carbocycles. The Morgan fingerprint density at radius 3 is 1.05 bits per heavy atom. The molecule has 0 aliphatic heterocycles. The van der Waals surface area contributed by atoms with Gasteiger partial charge >= 0.3 is 0 Å². The van der Waals surface area contributed by atoms with Crippen LogP contribution in [0.25, 0.3) is 24.3 Å². The highest BCUT2D eigenvalue weighted by Gasteiger charge is 2.12. The van der Waals surface area contributed by atoms with Gasteiger partial charge in [0.15, 0.2) is 0 Å². The molecule has 1 nitrogen and oxygen atoms in total. The van der Waals surface area contributed by atoms with Crippen LogP contribution in [0.5, 0.6) is 0 Å². The lowest BCUT2D eigenvalue weighted by Gasteiger charge is -2.26. The molecule has 0 aliphatic rings. The molecule has 1 heteroatoms. The minimum Gasteiger partial charge on any atom is -0.311 e. The van der Waals surface area contributed by atoms with Crippen LogP contribution in [0.15, 0.2) is 158 Å². The Labute approximate surface area is 244 Å². The molecular weight excluding hydrogens is 494 g/mol. The maximum absolute atomic E-state index is 2.31. The minimum atomic E-state index is 1.03. The van der Waals surface area contributed by atoms with E-state index < -0.39 is 0 Å². The van der Waals surface area contributed by atoms with E-state index in [4.69, 9.17) is 0 Å². The van der Waals surface area contributed by atoms with Gasteiger partial charge < -0.3 is 4.90 Å². The Bertz CT molecular complexity index is 1500. The van der Waals surface area contributed by atoms with Crippen molar-refractivity contribution in [2.24, 2.45) is 0 Å². The van der Waals surface area contributed by atoms with Crippen molar-refractivity contribution in [2.45, 2.75) is 13.3 Å².